The molecule has 0 bridgehead atoms. The highest BCUT2D eigenvalue weighted by atomic mass is 16.5. The van der Waals surface area contributed by atoms with Crippen LogP contribution in [0.5, 0.6) is 5.75 Å². The molecule has 3 rings (SSSR count). The van der Waals surface area contributed by atoms with E-state index in [0.717, 1.165) is 6.42 Å². The van der Waals surface area contributed by atoms with Gasteiger partial charge in [0, 0.05) is 41.4 Å². The molecule has 2 N–H and O–H groups in total. The summed E-state index contributed by atoms with van der Waals surface area (Å²) >= 11 is 0. The van der Waals surface area contributed by atoms with Crippen LogP contribution in [0.25, 0.3) is 0 Å². The summed E-state index contributed by atoms with van der Waals surface area (Å²) in [6.45, 7) is 6.14. The number of benzene rings is 2. The molecule has 7 heteroatoms. The van der Waals surface area contributed by atoms with Crippen LogP contribution >= 0.6 is 0 Å². The monoisotopic (exact) mass is 409 g/mol. The largest absolute Gasteiger partial charge is 0.494 e. The van der Waals surface area contributed by atoms with Crippen molar-refractivity contribution in [3.63, 3.8) is 0 Å². The number of rotatable bonds is 5. The first-order valence-corrected chi connectivity index (χ1v) is 9.90. The number of anilines is 3. The van der Waals surface area contributed by atoms with Gasteiger partial charge in [-0.05, 0) is 36.8 Å². The van der Waals surface area contributed by atoms with Crippen LogP contribution in [0, 0.1) is 5.41 Å². The first-order valence-electron chi connectivity index (χ1n) is 9.90. The fourth-order valence-electron chi connectivity index (χ4n) is 3.14. The van der Waals surface area contributed by atoms with Crippen molar-refractivity contribution in [1.82, 2.24) is 0 Å². The second kappa shape index (κ2) is 8.57. The fourth-order valence-corrected chi connectivity index (χ4v) is 3.14. The average molecular weight is 409 g/mol. The van der Waals surface area contributed by atoms with Crippen molar-refractivity contribution in [2.75, 3.05) is 29.2 Å². The van der Waals surface area contributed by atoms with E-state index >= 15 is 0 Å². The zero-order valence-electron chi connectivity index (χ0n) is 17.7. The van der Waals surface area contributed by atoms with Crippen molar-refractivity contribution < 1.29 is 19.1 Å². The van der Waals surface area contributed by atoms with E-state index < -0.39 is 5.41 Å². The maximum atomic E-state index is 12.7. The molecule has 0 spiro atoms. The molecule has 158 valence electrons. The lowest BCUT2D eigenvalue weighted by Gasteiger charge is -2.20. The van der Waals surface area contributed by atoms with Gasteiger partial charge in [0.15, 0.2) is 0 Å². The van der Waals surface area contributed by atoms with Gasteiger partial charge in [0.05, 0.1) is 12.8 Å². The van der Waals surface area contributed by atoms with Crippen LogP contribution in [0.4, 0.5) is 17.1 Å². The minimum Gasteiger partial charge on any atom is -0.494 e. The Hall–Kier alpha value is -3.35. The van der Waals surface area contributed by atoms with Crippen LogP contribution < -0.4 is 20.3 Å². The third-order valence-electron chi connectivity index (χ3n) is 4.87. The highest BCUT2D eigenvalue weighted by Crippen LogP contribution is 2.34. The molecule has 1 heterocycles. The summed E-state index contributed by atoms with van der Waals surface area (Å²) in [5.41, 5.74) is 1.69. The quantitative estimate of drug-likeness (QED) is 0.780. The van der Waals surface area contributed by atoms with Gasteiger partial charge < -0.3 is 20.3 Å². The van der Waals surface area contributed by atoms with Gasteiger partial charge in [-0.3, -0.25) is 14.4 Å². The lowest BCUT2D eigenvalue weighted by atomic mass is 9.95. The summed E-state index contributed by atoms with van der Waals surface area (Å²) in [6, 6.07) is 12.0. The molecule has 7 nitrogen and oxygen atoms in total. The molecule has 1 aliphatic heterocycles. The number of nitrogens with zero attached hydrogens (tertiary/aromatic N) is 1. The Labute approximate surface area is 176 Å². The van der Waals surface area contributed by atoms with Gasteiger partial charge in [-0.2, -0.15) is 0 Å². The van der Waals surface area contributed by atoms with Gasteiger partial charge in [0.25, 0.3) is 5.91 Å². The van der Waals surface area contributed by atoms with Crippen molar-refractivity contribution in [1.29, 1.82) is 0 Å². The van der Waals surface area contributed by atoms with Crippen LogP contribution in [0.3, 0.4) is 0 Å². The van der Waals surface area contributed by atoms with Gasteiger partial charge in [-0.15, -0.1) is 0 Å². The predicted molar refractivity (Wildman–Crippen MR) is 117 cm³/mol. The molecular formula is C23H27N3O4. The molecule has 0 radical (unpaired) electrons. The fraction of sp³-hybridized carbons (Fsp3) is 0.348. The minimum absolute atomic E-state index is 0.0687. The van der Waals surface area contributed by atoms with Crippen LogP contribution in [-0.2, 0) is 9.59 Å². The molecule has 1 aliphatic rings. The van der Waals surface area contributed by atoms with Gasteiger partial charge in [0.2, 0.25) is 11.8 Å². The van der Waals surface area contributed by atoms with Crippen LogP contribution in [0.2, 0.25) is 0 Å². The van der Waals surface area contributed by atoms with E-state index in [-0.39, 0.29) is 17.7 Å². The number of carbonyl (C=O) groups is 3. The second-order valence-corrected chi connectivity index (χ2v) is 8.27. The molecule has 0 unspecified atom stereocenters. The van der Waals surface area contributed by atoms with E-state index in [1.54, 1.807) is 47.4 Å². The maximum Gasteiger partial charge on any atom is 0.255 e. The molecule has 1 saturated heterocycles. The maximum absolute atomic E-state index is 12.7. The van der Waals surface area contributed by atoms with Crippen LogP contribution in [-0.4, -0.2) is 31.4 Å². The average Bonchev–Trinajstić information content (AvgIpc) is 3.13. The van der Waals surface area contributed by atoms with E-state index in [4.69, 9.17) is 4.74 Å². The Kier molecular flexibility index (Phi) is 6.10. The topological polar surface area (TPSA) is 87.7 Å². The minimum atomic E-state index is -0.534. The molecule has 3 amide bonds. The molecule has 2 aromatic carbocycles. The Morgan fingerprint density at radius 1 is 1.03 bits per heavy atom. The normalized spacial score (nSPS) is 13.9. The Balaban J connectivity index is 1.75. The number of hydrogen-bond donors (Lipinski definition) is 2. The molecule has 0 aromatic heterocycles. The lowest BCUT2D eigenvalue weighted by Crippen LogP contribution is -2.27. The molecular weight excluding hydrogens is 382 g/mol. The van der Waals surface area contributed by atoms with E-state index in [9.17, 15) is 14.4 Å². The van der Waals surface area contributed by atoms with Crippen molar-refractivity contribution in [2.24, 2.45) is 5.41 Å². The summed E-state index contributed by atoms with van der Waals surface area (Å²) in [5.74, 6) is 0.152. The first-order chi connectivity index (χ1) is 14.2. The van der Waals surface area contributed by atoms with Gasteiger partial charge >= 0.3 is 0 Å². The molecule has 2 aromatic rings. The summed E-state index contributed by atoms with van der Waals surface area (Å²) in [4.78, 5) is 38.6. The summed E-state index contributed by atoms with van der Waals surface area (Å²) in [7, 11) is 1.53. The number of amides is 3. The zero-order chi connectivity index (χ0) is 21.9. The Bertz CT molecular complexity index is 979. The van der Waals surface area contributed by atoms with Crippen molar-refractivity contribution in [3.8, 4) is 5.75 Å². The zero-order valence-corrected chi connectivity index (χ0v) is 17.7. The van der Waals surface area contributed by atoms with Gasteiger partial charge in [0.1, 0.15) is 5.75 Å². The Morgan fingerprint density at radius 2 is 1.77 bits per heavy atom. The second-order valence-electron chi connectivity index (χ2n) is 8.27. The van der Waals surface area contributed by atoms with Crippen molar-refractivity contribution in [3.05, 3.63) is 48.0 Å². The van der Waals surface area contributed by atoms with E-state index in [0.29, 0.717) is 41.3 Å². The first kappa shape index (κ1) is 21.4. The van der Waals surface area contributed by atoms with Gasteiger partial charge in [-0.1, -0.05) is 26.8 Å². The molecule has 1 fully saturated rings. The Morgan fingerprint density at radius 3 is 2.40 bits per heavy atom. The number of ether oxygens (including phenoxy) is 1. The highest BCUT2D eigenvalue weighted by Gasteiger charge is 2.25. The number of methoxy groups -OCH3 is 1. The number of hydrogen-bond acceptors (Lipinski definition) is 4. The molecule has 0 saturated carbocycles. The smallest absolute Gasteiger partial charge is 0.255 e. The number of carbonyl (C=O) groups excluding carboxylic acids is 3. The predicted octanol–water partition coefficient (Wildman–Crippen LogP) is 4.06. The summed E-state index contributed by atoms with van der Waals surface area (Å²) in [6.07, 6.45) is 1.35. The van der Waals surface area contributed by atoms with E-state index in [1.807, 2.05) is 20.8 Å². The number of nitrogens with one attached hydrogen (secondary N) is 2. The lowest BCUT2D eigenvalue weighted by molar-refractivity contribution is -0.123. The van der Waals surface area contributed by atoms with Crippen LogP contribution in [0.15, 0.2) is 42.5 Å². The van der Waals surface area contributed by atoms with E-state index in [2.05, 4.69) is 10.6 Å². The molecule has 0 aliphatic carbocycles. The van der Waals surface area contributed by atoms with Gasteiger partial charge in [-0.25, -0.2) is 0 Å². The SMILES string of the molecule is COc1cc(NC(=O)c2cccc(NC(=O)C(C)(C)C)c2)ccc1N1CCCC1=O. The third kappa shape index (κ3) is 4.79. The standard InChI is InChI=1S/C23H27N3O4/c1-23(2,3)22(29)25-16-8-5-7-15(13-16)21(28)24-17-10-11-18(19(14-17)30-4)26-12-6-9-20(26)27/h5,7-8,10-11,13-14H,6,9,12H2,1-4H3,(H,24,28)(H,25,29). The van der Waals surface area contributed by atoms with Crippen molar-refractivity contribution in [2.45, 2.75) is 33.6 Å². The highest BCUT2D eigenvalue weighted by molar-refractivity contribution is 6.06. The molecule has 0 atom stereocenters. The molecule has 30 heavy (non-hydrogen) atoms. The summed E-state index contributed by atoms with van der Waals surface area (Å²) < 4.78 is 5.44. The summed E-state index contributed by atoms with van der Waals surface area (Å²) in [5, 5.41) is 5.66. The van der Waals surface area contributed by atoms with Crippen LogP contribution in [0.1, 0.15) is 44.0 Å². The van der Waals surface area contributed by atoms with Crippen molar-refractivity contribution >= 4 is 34.8 Å². The third-order valence-corrected chi connectivity index (χ3v) is 4.87. The van der Waals surface area contributed by atoms with E-state index in [1.165, 1.54) is 7.11 Å².